The minimum atomic E-state index is -4.76. The Morgan fingerprint density at radius 1 is 1.02 bits per heavy atom. The molecule has 1 N–H and O–H groups in total. The van der Waals surface area contributed by atoms with Crippen LogP contribution >= 0.6 is 11.8 Å². The molecular formula is C35H39F3N6O3S. The van der Waals surface area contributed by atoms with E-state index in [-0.39, 0.29) is 29.7 Å². The van der Waals surface area contributed by atoms with Gasteiger partial charge in [0, 0.05) is 35.4 Å². The lowest BCUT2D eigenvalue weighted by Crippen LogP contribution is -2.43. The van der Waals surface area contributed by atoms with E-state index in [9.17, 15) is 18.0 Å². The van der Waals surface area contributed by atoms with Crippen LogP contribution in [0, 0.1) is 0 Å². The zero-order valence-corrected chi connectivity index (χ0v) is 28.5. The van der Waals surface area contributed by atoms with Crippen LogP contribution in [-0.4, -0.2) is 57.3 Å². The molecule has 1 aromatic heterocycles. The topological polar surface area (TPSA) is 93.9 Å². The van der Waals surface area contributed by atoms with Crippen molar-refractivity contribution in [2.45, 2.75) is 71.3 Å². The third kappa shape index (κ3) is 8.30. The molecule has 254 valence electrons. The second kappa shape index (κ2) is 14.7. The number of hydrogen-bond acceptors (Lipinski definition) is 6. The number of alkyl halides is 3. The first-order valence-corrected chi connectivity index (χ1v) is 16.7. The quantitative estimate of drug-likeness (QED) is 0.189. The highest BCUT2D eigenvalue weighted by molar-refractivity contribution is 8.14. The number of aromatic nitrogens is 3. The summed E-state index contributed by atoms with van der Waals surface area (Å²) < 4.78 is 48.4. The number of carbonyl (C=O) groups excluding carboxylic acids is 1. The first-order valence-electron chi connectivity index (χ1n) is 15.7. The predicted molar refractivity (Wildman–Crippen MR) is 183 cm³/mol. The van der Waals surface area contributed by atoms with Crippen molar-refractivity contribution in [1.82, 2.24) is 20.1 Å². The second-order valence-corrected chi connectivity index (χ2v) is 13.1. The van der Waals surface area contributed by atoms with E-state index < -0.39 is 12.4 Å². The lowest BCUT2D eigenvalue weighted by Gasteiger charge is -2.37. The Hall–Kier alpha value is -4.52. The molecule has 1 fully saturated rings. The van der Waals surface area contributed by atoms with Gasteiger partial charge in [-0.1, -0.05) is 62.9 Å². The maximum absolute atomic E-state index is 13.3. The van der Waals surface area contributed by atoms with Gasteiger partial charge in [-0.3, -0.25) is 0 Å². The van der Waals surface area contributed by atoms with Crippen molar-refractivity contribution in [2.75, 3.05) is 17.8 Å². The number of thioether (sulfide) groups is 1. The number of ether oxygens (including phenoxy) is 2. The Bertz CT molecular complexity index is 1740. The molecule has 0 bridgehead atoms. The summed E-state index contributed by atoms with van der Waals surface area (Å²) in [6.07, 6.45) is -2.30. The summed E-state index contributed by atoms with van der Waals surface area (Å²) in [6.45, 7) is 10.5. The second-order valence-electron chi connectivity index (χ2n) is 12.0. The van der Waals surface area contributed by atoms with E-state index in [0.717, 1.165) is 34.7 Å². The Morgan fingerprint density at radius 2 is 1.71 bits per heavy atom. The number of anilines is 1. The zero-order valence-electron chi connectivity index (χ0n) is 27.7. The molecule has 1 saturated heterocycles. The number of rotatable bonds is 9. The number of halogens is 3. The first kappa shape index (κ1) is 34.8. The molecule has 3 aromatic carbocycles. The van der Waals surface area contributed by atoms with Gasteiger partial charge in [0.05, 0.1) is 18.5 Å². The average molecular weight is 681 g/mol. The highest BCUT2D eigenvalue weighted by Crippen LogP contribution is 2.37. The van der Waals surface area contributed by atoms with Crippen LogP contribution in [0.5, 0.6) is 11.5 Å². The van der Waals surface area contributed by atoms with E-state index in [1.807, 2.05) is 50.2 Å². The molecule has 48 heavy (non-hydrogen) atoms. The number of amides is 2. The largest absolute Gasteiger partial charge is 0.573 e. The fourth-order valence-corrected chi connectivity index (χ4v) is 6.67. The molecule has 1 aliphatic rings. The van der Waals surface area contributed by atoms with E-state index in [4.69, 9.17) is 4.74 Å². The number of urea groups is 1. The monoisotopic (exact) mass is 680 g/mol. The molecule has 0 radical (unpaired) electrons. The molecule has 0 spiro atoms. The maximum Gasteiger partial charge on any atom is 0.573 e. The van der Waals surface area contributed by atoms with Gasteiger partial charge >= 0.3 is 12.4 Å². The molecule has 2 amide bonds. The molecule has 4 aromatic rings. The maximum atomic E-state index is 13.3. The van der Waals surface area contributed by atoms with Crippen molar-refractivity contribution < 1.29 is 27.4 Å². The number of benzene rings is 3. The summed E-state index contributed by atoms with van der Waals surface area (Å²) in [7, 11) is 1.65. The molecule has 9 nitrogen and oxygen atoms in total. The summed E-state index contributed by atoms with van der Waals surface area (Å²) in [5.41, 5.74) is 4.49. The van der Waals surface area contributed by atoms with Gasteiger partial charge in [-0.15, -0.1) is 18.3 Å². The van der Waals surface area contributed by atoms with Crippen LogP contribution in [0.15, 0.2) is 78.0 Å². The van der Waals surface area contributed by atoms with Crippen LogP contribution in [-0.2, 0) is 0 Å². The number of carbonyl (C=O) groups is 1. The standard InChI is InChI=1S/C35H39F3N6O3S/c1-21(2)30-16-15-29(46-6)19-31(30)44-22(3)17-18-48-34(44)41-33(45)40-24(5)23(4)25-7-9-26(10-8-25)32-39-20-43(42-32)27-11-13-28(14-12-27)47-35(36,37)38/h7-16,19-24H,17-18H2,1-6H3,(H,40,45). The number of methoxy groups -OCH3 is 1. The van der Waals surface area contributed by atoms with Crippen molar-refractivity contribution in [1.29, 1.82) is 0 Å². The van der Waals surface area contributed by atoms with Crippen molar-refractivity contribution >= 4 is 28.6 Å². The molecule has 1 aliphatic heterocycles. The first-order chi connectivity index (χ1) is 22.8. The van der Waals surface area contributed by atoms with Gasteiger partial charge in [0.2, 0.25) is 0 Å². The Balaban J connectivity index is 1.25. The molecular weight excluding hydrogens is 641 g/mol. The normalized spacial score (nSPS) is 17.3. The summed E-state index contributed by atoms with van der Waals surface area (Å²) in [5.74, 6) is 2.04. The molecule has 13 heteroatoms. The van der Waals surface area contributed by atoms with Gasteiger partial charge in [0.1, 0.15) is 17.8 Å². The lowest BCUT2D eigenvalue weighted by atomic mass is 9.93. The number of nitrogens with one attached hydrogen (secondary N) is 1. The van der Waals surface area contributed by atoms with E-state index in [2.05, 4.69) is 56.9 Å². The van der Waals surface area contributed by atoms with Gasteiger partial charge in [0.15, 0.2) is 11.0 Å². The van der Waals surface area contributed by atoms with Crippen LogP contribution in [0.3, 0.4) is 0 Å². The van der Waals surface area contributed by atoms with Crippen molar-refractivity contribution in [2.24, 2.45) is 4.99 Å². The number of amidine groups is 1. The number of hydrogen-bond donors (Lipinski definition) is 1. The minimum absolute atomic E-state index is 0.0221. The predicted octanol–water partition coefficient (Wildman–Crippen LogP) is 8.55. The summed E-state index contributed by atoms with van der Waals surface area (Å²) in [4.78, 5) is 24.4. The fraction of sp³-hybridized carbons (Fsp3) is 0.371. The van der Waals surface area contributed by atoms with E-state index in [1.165, 1.54) is 40.8 Å². The Labute approximate surface area is 282 Å². The van der Waals surface area contributed by atoms with Gasteiger partial charge in [-0.05, 0) is 67.6 Å². The Morgan fingerprint density at radius 3 is 2.35 bits per heavy atom. The number of aliphatic imine (C=N–C) groups is 1. The van der Waals surface area contributed by atoms with Crippen LogP contribution < -0.4 is 19.7 Å². The van der Waals surface area contributed by atoms with Crippen LogP contribution in [0.2, 0.25) is 0 Å². The molecule has 0 saturated carbocycles. The van der Waals surface area contributed by atoms with Gasteiger partial charge in [-0.25, -0.2) is 14.5 Å². The highest BCUT2D eigenvalue weighted by atomic mass is 32.2. The van der Waals surface area contributed by atoms with Crippen LogP contribution in [0.1, 0.15) is 64.0 Å². The fourth-order valence-electron chi connectivity index (χ4n) is 5.47. The smallest absolute Gasteiger partial charge is 0.497 e. The molecule has 5 rings (SSSR count). The van der Waals surface area contributed by atoms with Crippen LogP contribution in [0.4, 0.5) is 23.7 Å². The van der Waals surface area contributed by atoms with Gasteiger partial charge in [-0.2, -0.15) is 4.99 Å². The van der Waals surface area contributed by atoms with E-state index in [0.29, 0.717) is 16.7 Å². The average Bonchev–Trinajstić information content (AvgIpc) is 3.54. The Kier molecular flexibility index (Phi) is 10.7. The highest BCUT2D eigenvalue weighted by Gasteiger charge is 2.31. The molecule has 2 heterocycles. The van der Waals surface area contributed by atoms with Crippen molar-refractivity contribution in [3.05, 3.63) is 84.2 Å². The van der Waals surface area contributed by atoms with Gasteiger partial charge in [0.25, 0.3) is 0 Å². The SMILES string of the molecule is COc1ccc(C(C)C)c(N2C(=NC(=O)NC(C)C(C)c3ccc(-c4ncn(-c5ccc(OC(F)(F)F)cc5)n4)cc3)SCCC2C)c1. The van der Waals surface area contributed by atoms with Crippen molar-refractivity contribution in [3.8, 4) is 28.6 Å². The minimum Gasteiger partial charge on any atom is -0.497 e. The van der Waals surface area contributed by atoms with E-state index in [1.54, 1.807) is 18.9 Å². The van der Waals surface area contributed by atoms with Crippen LogP contribution in [0.25, 0.3) is 17.1 Å². The third-order valence-corrected chi connectivity index (χ3v) is 9.34. The summed E-state index contributed by atoms with van der Waals surface area (Å²) in [6, 6.07) is 18.7. The summed E-state index contributed by atoms with van der Waals surface area (Å²) >= 11 is 1.58. The molecule has 3 atom stereocenters. The van der Waals surface area contributed by atoms with E-state index >= 15 is 0 Å². The summed E-state index contributed by atoms with van der Waals surface area (Å²) in [5, 5.41) is 8.21. The van der Waals surface area contributed by atoms with Gasteiger partial charge < -0.3 is 19.7 Å². The third-order valence-electron chi connectivity index (χ3n) is 8.35. The molecule has 3 unspecified atom stereocenters. The number of nitrogens with zero attached hydrogens (tertiary/aromatic N) is 5. The lowest BCUT2D eigenvalue weighted by molar-refractivity contribution is -0.274. The zero-order chi connectivity index (χ0) is 34.6. The van der Waals surface area contributed by atoms with Crippen molar-refractivity contribution in [3.63, 3.8) is 0 Å². The molecule has 0 aliphatic carbocycles.